The lowest BCUT2D eigenvalue weighted by Gasteiger charge is -2.41. The highest BCUT2D eigenvalue weighted by atomic mass is 16.3. The zero-order chi connectivity index (χ0) is 18.9. The van der Waals surface area contributed by atoms with Gasteiger partial charge in [-0.1, -0.05) is 25.0 Å². The molecule has 0 saturated heterocycles. The van der Waals surface area contributed by atoms with Gasteiger partial charge in [-0.3, -0.25) is 0 Å². The average Bonchev–Trinajstić information content (AvgIpc) is 2.50. The van der Waals surface area contributed by atoms with Gasteiger partial charge in [0.05, 0.1) is 5.60 Å². The van der Waals surface area contributed by atoms with E-state index in [1.807, 2.05) is 0 Å². The molecule has 2 N–H and O–H groups in total. The van der Waals surface area contributed by atoms with Crippen LogP contribution in [0.25, 0.3) is 0 Å². The highest BCUT2D eigenvalue weighted by Crippen LogP contribution is 2.42. The van der Waals surface area contributed by atoms with Gasteiger partial charge in [-0.2, -0.15) is 0 Å². The van der Waals surface area contributed by atoms with Crippen molar-refractivity contribution in [2.75, 3.05) is 20.5 Å². The second-order valence-electron chi connectivity index (χ2n) is 4.99. The van der Waals surface area contributed by atoms with Crippen molar-refractivity contribution in [2.45, 2.75) is 31.3 Å². The number of aliphatic hydroxyl groups is 1. The van der Waals surface area contributed by atoms with Crippen LogP contribution in [0.15, 0.2) is 24.3 Å². The summed E-state index contributed by atoms with van der Waals surface area (Å²) in [5.74, 6) is -0.483. The summed E-state index contributed by atoms with van der Waals surface area (Å²) in [5.41, 5.74) is -0.589. The maximum Gasteiger partial charge on any atom is 0.211 e. The van der Waals surface area contributed by atoms with Gasteiger partial charge in [-0.25, -0.2) is 0 Å². The van der Waals surface area contributed by atoms with E-state index in [1.165, 1.54) is 12.1 Å². The smallest absolute Gasteiger partial charge is 0.211 e. The van der Waals surface area contributed by atoms with Gasteiger partial charge in [-0.15, -0.1) is 0 Å². The molecule has 2 atom stereocenters. The van der Waals surface area contributed by atoms with Gasteiger partial charge in [0.2, 0.25) is 1.43 Å². The Kier molecular flexibility index (Phi) is 2.03. The third-order valence-corrected chi connectivity index (χ3v) is 3.75. The van der Waals surface area contributed by atoms with E-state index >= 15 is 0 Å². The third-order valence-electron chi connectivity index (χ3n) is 3.75. The van der Waals surface area contributed by atoms with E-state index in [1.54, 1.807) is 12.1 Å². The van der Waals surface area contributed by atoms with Crippen LogP contribution in [0, 0.1) is 5.92 Å². The van der Waals surface area contributed by atoms with Crippen LogP contribution in [0.4, 0.5) is 0 Å². The molecule has 0 spiro atoms. The minimum atomic E-state index is -2.78. The summed E-state index contributed by atoms with van der Waals surface area (Å²) in [6, 6.07) is 6.32. The molecule has 0 aliphatic heterocycles. The van der Waals surface area contributed by atoms with Gasteiger partial charge in [-0.05, 0) is 44.5 Å². The van der Waals surface area contributed by atoms with E-state index in [-0.39, 0.29) is 12.3 Å². The molecule has 2 rings (SSSR count). The number of hydrogen-bond donors (Lipinski definition) is 2. The molecule has 1 fully saturated rings. The fraction of sp³-hybridized carbons (Fsp3) is 0.600. The molecule has 3 nitrogen and oxygen atoms in total. The Bertz CT molecular complexity index is 576. The second kappa shape index (κ2) is 5.29. The minimum absolute atomic E-state index is 0.0155. The molecular formula is C15H23NO2. The lowest BCUT2D eigenvalue weighted by molar-refractivity contribution is -0.0619. The molecule has 18 heavy (non-hydrogen) atoms. The van der Waals surface area contributed by atoms with Crippen molar-refractivity contribution in [3.8, 4) is 5.75 Å². The summed E-state index contributed by atoms with van der Waals surface area (Å²) in [6.07, 6.45) is 2.56. The summed E-state index contributed by atoms with van der Waals surface area (Å²) >= 11 is 0. The normalized spacial score (nSPS) is 35.6. The molecule has 3 heteroatoms. The Morgan fingerprint density at radius 3 is 3.11 bits per heavy atom. The standard InChI is InChI=1S/C15H23NO2/c1-16(2)11-13-6-3-4-9-15(13,18)12-7-5-8-14(17)10-12/h5,7-8,10,13,17-18H,3-4,6,9,11H2,1-2H3/t13-,15+/m0/s1/i1D3,2D3,18D. The van der Waals surface area contributed by atoms with E-state index in [9.17, 15) is 5.11 Å². The Morgan fingerprint density at radius 2 is 2.39 bits per heavy atom. The lowest BCUT2D eigenvalue weighted by Crippen LogP contribution is -2.43. The monoisotopic (exact) mass is 256 g/mol. The number of phenolic OH excluding ortho intramolecular Hbond substituents is 1. The molecule has 1 saturated carbocycles. The van der Waals surface area contributed by atoms with Crippen LogP contribution in [-0.4, -0.2) is 37.0 Å². The van der Waals surface area contributed by atoms with Gasteiger partial charge in [0.1, 0.15) is 5.75 Å². The first-order valence-electron chi connectivity index (χ1n) is 9.63. The topological polar surface area (TPSA) is 43.7 Å². The molecule has 1 aromatic carbocycles. The number of phenols is 1. The number of hydrogen-bond acceptors (Lipinski definition) is 3. The van der Waals surface area contributed by atoms with Crippen LogP contribution in [-0.2, 0) is 5.60 Å². The molecule has 1 aliphatic rings. The Labute approximate surface area is 119 Å². The Balaban J connectivity index is 2.42. The van der Waals surface area contributed by atoms with Crippen molar-refractivity contribution in [1.29, 1.82) is 1.43 Å². The summed E-state index contributed by atoms with van der Waals surface area (Å²) in [6.45, 7) is -5.81. The summed E-state index contributed by atoms with van der Waals surface area (Å²) < 4.78 is 53.0. The number of aromatic hydroxyl groups is 1. The van der Waals surface area contributed by atoms with Crippen molar-refractivity contribution in [1.82, 2.24) is 4.90 Å². The maximum absolute atomic E-state index is 9.77. The SMILES string of the molecule is [2H]O[C@@]1(c2cccc(O)c2)CCCC[C@H]1CN(C([2H])([2H])[2H])C([2H])([2H])[2H]. The van der Waals surface area contributed by atoms with Crippen LogP contribution in [0.3, 0.4) is 0 Å². The Morgan fingerprint density at radius 1 is 1.50 bits per heavy atom. The highest BCUT2D eigenvalue weighted by molar-refractivity contribution is 5.32. The quantitative estimate of drug-likeness (QED) is 0.869. The van der Waals surface area contributed by atoms with Crippen molar-refractivity contribution >= 4 is 0 Å². The molecule has 0 heterocycles. The van der Waals surface area contributed by atoms with Gasteiger partial charge >= 0.3 is 0 Å². The molecule has 100 valence electrons. The predicted molar refractivity (Wildman–Crippen MR) is 72.5 cm³/mol. The van der Waals surface area contributed by atoms with Crippen molar-refractivity contribution in [3.05, 3.63) is 29.8 Å². The average molecular weight is 256 g/mol. The zero-order valence-corrected chi connectivity index (χ0v) is 10.2. The molecule has 1 aromatic rings. The fourth-order valence-electron chi connectivity index (χ4n) is 2.82. The first kappa shape index (κ1) is 6.92. The van der Waals surface area contributed by atoms with Gasteiger partial charge in [0.15, 0.2) is 0 Å². The molecule has 0 amide bonds. The second-order valence-corrected chi connectivity index (χ2v) is 4.99. The summed E-state index contributed by atoms with van der Waals surface area (Å²) in [5, 5.41) is 14.9. The highest BCUT2D eigenvalue weighted by Gasteiger charge is 2.40. The van der Waals surface area contributed by atoms with Gasteiger partial charge in [0, 0.05) is 20.7 Å². The van der Waals surface area contributed by atoms with E-state index in [0.717, 1.165) is 12.8 Å². The largest absolute Gasteiger partial charge is 0.508 e. The van der Waals surface area contributed by atoms with Crippen LogP contribution in [0.1, 0.15) is 39.5 Å². The molecule has 1 aliphatic carbocycles. The van der Waals surface area contributed by atoms with E-state index in [4.69, 9.17) is 14.8 Å². The van der Waals surface area contributed by atoms with E-state index in [0.29, 0.717) is 23.3 Å². The zero-order valence-electron chi connectivity index (χ0n) is 17.2. The molecule has 0 aromatic heterocycles. The van der Waals surface area contributed by atoms with Gasteiger partial charge < -0.3 is 15.1 Å². The molecule has 0 bridgehead atoms. The molecule has 0 radical (unpaired) electrons. The van der Waals surface area contributed by atoms with Crippen LogP contribution >= 0.6 is 0 Å². The number of rotatable bonds is 4. The van der Waals surface area contributed by atoms with Crippen molar-refractivity contribution in [3.63, 3.8) is 0 Å². The van der Waals surface area contributed by atoms with Gasteiger partial charge in [0.25, 0.3) is 0 Å². The van der Waals surface area contributed by atoms with E-state index in [2.05, 4.69) is 0 Å². The fourth-order valence-corrected chi connectivity index (χ4v) is 2.82. The minimum Gasteiger partial charge on any atom is -0.508 e. The van der Waals surface area contributed by atoms with Crippen LogP contribution < -0.4 is 0 Å². The first-order chi connectivity index (χ1) is 11.5. The summed E-state index contributed by atoms with van der Waals surface area (Å²) in [4.78, 5) is 0.520. The van der Waals surface area contributed by atoms with Crippen molar-refractivity contribution < 1.29 is 18.4 Å². The molecular weight excluding hydrogens is 226 g/mol. The number of nitrogens with zero attached hydrogens (tertiary/aromatic N) is 1. The third kappa shape index (κ3) is 2.68. The number of benzene rings is 1. The lowest BCUT2D eigenvalue weighted by atomic mass is 9.71. The summed E-state index contributed by atoms with van der Waals surface area (Å²) in [7, 11) is 0. The van der Waals surface area contributed by atoms with Crippen LogP contribution in [0.2, 0.25) is 0 Å². The maximum atomic E-state index is 9.77. The van der Waals surface area contributed by atoms with Crippen LogP contribution in [0.5, 0.6) is 5.75 Å². The Hall–Kier alpha value is -1.06. The molecule has 0 unspecified atom stereocenters. The van der Waals surface area contributed by atoms with Crippen molar-refractivity contribution in [2.24, 2.45) is 5.92 Å². The van der Waals surface area contributed by atoms with E-state index < -0.39 is 25.5 Å². The first-order valence-corrected chi connectivity index (χ1v) is 6.22. The predicted octanol–water partition coefficient (Wildman–Crippen LogP) is 2.33.